The van der Waals surface area contributed by atoms with Gasteiger partial charge in [-0.25, -0.2) is 0 Å². The van der Waals surface area contributed by atoms with Gasteiger partial charge >= 0.3 is 22.5 Å². The van der Waals surface area contributed by atoms with E-state index in [1.54, 1.807) is 0 Å². The molecule has 30 valence electrons. The third-order valence-electron chi connectivity index (χ3n) is 0. The molecule has 0 atom stereocenters. The molecule has 0 bridgehead atoms. The van der Waals surface area contributed by atoms with E-state index >= 15 is 0 Å². The van der Waals surface area contributed by atoms with Gasteiger partial charge in [0.25, 0.3) is 0 Å². The minimum atomic E-state index is -1.38. The Morgan fingerprint density at radius 1 is 1.25 bits per heavy atom. The summed E-state index contributed by atoms with van der Waals surface area (Å²) in [5, 5.41) is 0. The molecule has 0 aromatic carbocycles. The van der Waals surface area contributed by atoms with Crippen molar-refractivity contribution >= 4 is 8.41 Å². The number of hydrogen-bond acceptors (Lipinski definition) is 0. The predicted octanol–water partition coefficient (Wildman–Crippen LogP) is -0.346. The number of rotatable bonds is 0. The molecule has 0 saturated carbocycles. The Balaban J connectivity index is 0. The van der Waals surface area contributed by atoms with E-state index in [0.717, 1.165) is 0 Å². The second-order valence-corrected chi connectivity index (χ2v) is 0.186. The van der Waals surface area contributed by atoms with Gasteiger partial charge in [0.2, 0.25) is 0 Å². The van der Waals surface area contributed by atoms with Crippen LogP contribution in [0, 0.1) is 0 Å². The molecule has 0 N–H and O–H groups in total. The number of hydrogen-bond donors (Lipinski definition) is 0. The van der Waals surface area contributed by atoms with Crippen molar-refractivity contribution in [2.45, 2.75) is 0 Å². The first kappa shape index (κ1) is 8.83. The van der Waals surface area contributed by atoms with Gasteiger partial charge in [-0.1, -0.05) is 0 Å². The third kappa shape index (κ3) is 27.8. The summed E-state index contributed by atoms with van der Waals surface area (Å²) in [4.78, 5) is 0. The van der Waals surface area contributed by atoms with Crippen LogP contribution >= 0.6 is 0 Å². The Bertz CT molecular complexity index is 6.00. The van der Waals surface area contributed by atoms with E-state index in [-0.39, 0.29) is 8.41 Å². The quantitative estimate of drug-likeness (QED) is 0.374. The fourth-order valence-corrected chi connectivity index (χ4v) is 0. The van der Waals surface area contributed by atoms with Crippen LogP contribution < -0.4 is 0 Å². The Hall–Kier alpha value is 0.418. The van der Waals surface area contributed by atoms with Gasteiger partial charge in [0, 0.05) is 0 Å². The Labute approximate surface area is 31.8 Å². The fourth-order valence-electron chi connectivity index (χ4n) is 0. The third-order valence-corrected chi connectivity index (χ3v) is 0. The second kappa shape index (κ2) is 9.94. The molecule has 0 amide bonds. The first-order valence-electron chi connectivity index (χ1n) is 0.239. The Morgan fingerprint density at radius 2 is 1.25 bits per heavy atom. The van der Waals surface area contributed by atoms with Gasteiger partial charge in [0.1, 0.15) is 0 Å². The van der Waals surface area contributed by atoms with Crippen LogP contribution in [0.2, 0.25) is 0 Å². The van der Waals surface area contributed by atoms with Gasteiger partial charge in [-0.15, -0.1) is 0 Å². The molecule has 0 fully saturated rings. The van der Waals surface area contributed by atoms with Crippen LogP contribution in [-0.4, -0.2) is 8.41 Å². The van der Waals surface area contributed by atoms with Crippen LogP contribution in [0.3, 0.4) is 0 Å². The van der Waals surface area contributed by atoms with E-state index in [2.05, 4.69) is 0 Å². The van der Waals surface area contributed by atoms with Crippen molar-refractivity contribution in [1.82, 2.24) is 0 Å². The predicted molar refractivity (Wildman–Crippen MR) is 12.2 cm³/mol. The van der Waals surface area contributed by atoms with Crippen LogP contribution in [0.15, 0.2) is 0 Å². The molecule has 0 rings (SSSR count). The van der Waals surface area contributed by atoms with Gasteiger partial charge < -0.3 is 0 Å². The van der Waals surface area contributed by atoms with E-state index in [4.69, 9.17) is 0 Å². The standard InChI is InChI=1S/BH3.2FH.Ni/h1H3;2*1H;/q;;;+2/p-2. The molecular weight excluding hydrogens is 108 g/mol. The average molecular weight is 111 g/mol. The molecule has 4 heavy (non-hydrogen) atoms. The molecule has 0 heterocycles. The van der Waals surface area contributed by atoms with Gasteiger partial charge in [0.05, 0.1) is 8.41 Å². The van der Waals surface area contributed by atoms with Crippen LogP contribution in [0.4, 0.5) is 7.21 Å². The minimum absolute atomic E-state index is 0. The zero-order chi connectivity index (χ0) is 2.71. The van der Waals surface area contributed by atoms with Crippen molar-refractivity contribution in [2.75, 3.05) is 0 Å². The summed E-state index contributed by atoms with van der Waals surface area (Å²) >= 11 is -1.38. The molecule has 0 radical (unpaired) electrons. The van der Waals surface area contributed by atoms with Crippen molar-refractivity contribution in [3.8, 4) is 0 Å². The SMILES string of the molecule is B.[F][Ni][F]. The number of halogens is 2. The molecule has 0 aromatic heterocycles. The van der Waals surface area contributed by atoms with E-state index in [9.17, 15) is 7.21 Å². The monoisotopic (exact) mass is 110 g/mol. The summed E-state index contributed by atoms with van der Waals surface area (Å²) in [7, 11) is 0. The van der Waals surface area contributed by atoms with E-state index in [1.165, 1.54) is 0 Å². The second-order valence-electron chi connectivity index (χ2n) is 0.0452. The van der Waals surface area contributed by atoms with Crippen LogP contribution in [0.25, 0.3) is 0 Å². The van der Waals surface area contributed by atoms with Crippen molar-refractivity contribution in [3.63, 3.8) is 0 Å². The maximum absolute atomic E-state index is 9.56. The zero-order valence-corrected chi connectivity index (χ0v) is 2.06. The molecule has 4 heteroatoms. The fraction of sp³-hybridized carbons (Fsp3) is 0. The first-order valence-corrected chi connectivity index (χ1v) is 0.986. The summed E-state index contributed by atoms with van der Waals surface area (Å²) in [6.07, 6.45) is 0. The Kier molecular flexibility index (Phi) is 21.9. The van der Waals surface area contributed by atoms with Crippen LogP contribution in [0.1, 0.15) is 0 Å². The van der Waals surface area contributed by atoms with Crippen molar-refractivity contribution in [3.05, 3.63) is 0 Å². The van der Waals surface area contributed by atoms with Crippen molar-refractivity contribution < 1.29 is 22.5 Å². The molecular formula is H3BF2Ni. The van der Waals surface area contributed by atoms with Crippen molar-refractivity contribution in [1.29, 1.82) is 0 Å². The van der Waals surface area contributed by atoms with Gasteiger partial charge in [0.15, 0.2) is 0 Å². The normalized spacial score (nSPS) is 5.50. The first-order chi connectivity index (χ1) is 1.41. The molecule has 0 aliphatic rings. The summed E-state index contributed by atoms with van der Waals surface area (Å²) in [5.74, 6) is 0. The van der Waals surface area contributed by atoms with E-state index < -0.39 is 15.3 Å². The zero-order valence-electron chi connectivity index (χ0n) is 1.07. The summed E-state index contributed by atoms with van der Waals surface area (Å²) in [6, 6.07) is 0. The maximum atomic E-state index is 9.56. The Morgan fingerprint density at radius 3 is 1.25 bits per heavy atom. The molecule has 0 nitrogen and oxygen atoms in total. The van der Waals surface area contributed by atoms with Gasteiger partial charge in [-0.05, 0) is 0 Å². The molecule has 0 aliphatic carbocycles. The molecule has 0 saturated heterocycles. The molecule has 0 spiro atoms. The molecule has 0 aromatic rings. The summed E-state index contributed by atoms with van der Waals surface area (Å²) in [6.45, 7) is 0. The van der Waals surface area contributed by atoms with Crippen LogP contribution in [0.5, 0.6) is 0 Å². The average Bonchev–Trinajstić information content (AvgIpc) is 0.918. The summed E-state index contributed by atoms with van der Waals surface area (Å²) < 4.78 is 19.1. The topological polar surface area (TPSA) is 0 Å². The van der Waals surface area contributed by atoms with Crippen LogP contribution in [-0.2, 0) is 15.3 Å². The molecule has 0 aliphatic heterocycles. The van der Waals surface area contributed by atoms with E-state index in [0.29, 0.717) is 0 Å². The van der Waals surface area contributed by atoms with Crippen molar-refractivity contribution in [2.24, 2.45) is 0 Å². The summed E-state index contributed by atoms with van der Waals surface area (Å²) in [5.41, 5.74) is 0. The van der Waals surface area contributed by atoms with E-state index in [1.807, 2.05) is 0 Å². The van der Waals surface area contributed by atoms with Gasteiger partial charge in [-0.3, -0.25) is 0 Å². The molecule has 0 unspecified atom stereocenters. The van der Waals surface area contributed by atoms with Gasteiger partial charge in [-0.2, -0.15) is 0 Å².